The highest BCUT2D eigenvalue weighted by atomic mass is 32.2. The topological polar surface area (TPSA) is 89.3 Å². The van der Waals surface area contributed by atoms with Crippen molar-refractivity contribution in [1.29, 1.82) is 0 Å². The number of carbonyl (C=O) groups is 1. The number of nitrogens with two attached hydrogens (primary N) is 1. The number of hydrogen-bond donors (Lipinski definition) is 2. The summed E-state index contributed by atoms with van der Waals surface area (Å²) in [6.07, 6.45) is 6.24. The lowest BCUT2D eigenvalue weighted by Gasteiger charge is -2.20. The van der Waals surface area contributed by atoms with Crippen LogP contribution in [0.2, 0.25) is 0 Å². The van der Waals surface area contributed by atoms with E-state index in [2.05, 4.69) is 5.32 Å². The molecule has 1 fully saturated rings. The van der Waals surface area contributed by atoms with Crippen LogP contribution in [0.25, 0.3) is 0 Å². The highest BCUT2D eigenvalue weighted by Gasteiger charge is 2.17. The highest BCUT2D eigenvalue weighted by Crippen LogP contribution is 2.27. The van der Waals surface area contributed by atoms with E-state index >= 15 is 0 Å². The van der Waals surface area contributed by atoms with Gasteiger partial charge in [-0.25, -0.2) is 17.9 Å². The molecule has 1 aromatic carbocycles. The summed E-state index contributed by atoms with van der Waals surface area (Å²) < 4.78 is 36.3. The number of benzene rings is 1. The van der Waals surface area contributed by atoms with Crippen LogP contribution in [-0.4, -0.2) is 31.9 Å². The van der Waals surface area contributed by atoms with Crippen molar-refractivity contribution in [3.05, 3.63) is 29.6 Å². The number of amides is 1. The van der Waals surface area contributed by atoms with Gasteiger partial charge in [0.2, 0.25) is 10.0 Å². The standard InChI is InChI=1S/C15H21FN2O3S2/c16-14-7-6-12(23(17,20)21)10-13(14)15(19)18-8-9-22-11-4-2-1-3-5-11/h6-7,10-11H,1-5,8-9H2,(H,18,19)(H2,17,20,21). The summed E-state index contributed by atoms with van der Waals surface area (Å²) in [5, 5.41) is 8.26. The Hall–Kier alpha value is -1.12. The second-order valence-corrected chi connectivity index (χ2v) is 8.54. The van der Waals surface area contributed by atoms with E-state index in [0.717, 1.165) is 24.0 Å². The molecule has 1 aromatic rings. The number of rotatable bonds is 6. The minimum absolute atomic E-state index is 0.277. The molecule has 1 saturated carbocycles. The molecule has 0 saturated heterocycles. The zero-order chi connectivity index (χ0) is 16.9. The molecular weight excluding hydrogens is 339 g/mol. The van der Waals surface area contributed by atoms with E-state index in [1.807, 2.05) is 11.8 Å². The summed E-state index contributed by atoms with van der Waals surface area (Å²) in [4.78, 5) is 11.7. The molecule has 0 unspecified atom stereocenters. The smallest absolute Gasteiger partial charge is 0.254 e. The fourth-order valence-corrected chi connectivity index (χ4v) is 4.33. The lowest BCUT2D eigenvalue weighted by molar-refractivity contribution is 0.0952. The maximum atomic E-state index is 13.7. The summed E-state index contributed by atoms with van der Waals surface area (Å²) in [7, 11) is -3.97. The van der Waals surface area contributed by atoms with Crippen LogP contribution in [0.5, 0.6) is 0 Å². The molecule has 0 aromatic heterocycles. The largest absolute Gasteiger partial charge is 0.351 e. The fourth-order valence-electron chi connectivity index (χ4n) is 2.57. The SMILES string of the molecule is NS(=O)(=O)c1ccc(F)c(C(=O)NCCSC2CCCCC2)c1. The molecule has 1 aliphatic rings. The molecule has 3 N–H and O–H groups in total. The number of thioether (sulfide) groups is 1. The minimum atomic E-state index is -3.97. The molecule has 0 aliphatic heterocycles. The molecule has 0 radical (unpaired) electrons. The molecule has 8 heteroatoms. The predicted molar refractivity (Wildman–Crippen MR) is 89.4 cm³/mol. The first kappa shape index (κ1) is 18.2. The van der Waals surface area contributed by atoms with Gasteiger partial charge in [0.05, 0.1) is 10.5 Å². The van der Waals surface area contributed by atoms with Gasteiger partial charge in [-0.15, -0.1) is 0 Å². The fraction of sp³-hybridized carbons (Fsp3) is 0.533. The molecule has 2 rings (SSSR count). The lowest BCUT2D eigenvalue weighted by Crippen LogP contribution is -2.27. The Morgan fingerprint density at radius 2 is 2.00 bits per heavy atom. The zero-order valence-corrected chi connectivity index (χ0v) is 14.4. The van der Waals surface area contributed by atoms with Crippen molar-refractivity contribution in [2.45, 2.75) is 42.2 Å². The summed E-state index contributed by atoms with van der Waals surface area (Å²) in [6, 6.07) is 2.94. The number of halogens is 1. The Morgan fingerprint density at radius 3 is 2.65 bits per heavy atom. The monoisotopic (exact) mass is 360 g/mol. The summed E-state index contributed by atoms with van der Waals surface area (Å²) >= 11 is 1.82. The molecule has 1 amide bonds. The van der Waals surface area contributed by atoms with Crippen LogP contribution >= 0.6 is 11.8 Å². The quantitative estimate of drug-likeness (QED) is 0.762. The van der Waals surface area contributed by atoms with Gasteiger partial charge in [0.1, 0.15) is 5.82 Å². The average molecular weight is 360 g/mol. The van der Waals surface area contributed by atoms with E-state index in [0.29, 0.717) is 11.8 Å². The van der Waals surface area contributed by atoms with Gasteiger partial charge in [-0.3, -0.25) is 4.79 Å². The molecule has 128 valence electrons. The first-order valence-corrected chi connectivity index (χ1v) is 10.2. The van der Waals surface area contributed by atoms with Crippen LogP contribution in [-0.2, 0) is 10.0 Å². The van der Waals surface area contributed by atoms with Gasteiger partial charge in [0.25, 0.3) is 5.91 Å². The van der Waals surface area contributed by atoms with E-state index in [-0.39, 0.29) is 10.5 Å². The molecule has 23 heavy (non-hydrogen) atoms. The first-order chi connectivity index (χ1) is 10.9. The van der Waals surface area contributed by atoms with E-state index in [9.17, 15) is 17.6 Å². The number of carbonyl (C=O) groups excluding carboxylic acids is 1. The minimum Gasteiger partial charge on any atom is -0.351 e. The number of hydrogen-bond acceptors (Lipinski definition) is 4. The molecule has 0 atom stereocenters. The van der Waals surface area contributed by atoms with Crippen molar-refractivity contribution in [1.82, 2.24) is 5.32 Å². The van der Waals surface area contributed by atoms with E-state index in [1.54, 1.807) is 0 Å². The van der Waals surface area contributed by atoms with Crippen LogP contribution in [0.3, 0.4) is 0 Å². The Bertz CT molecular complexity index is 659. The van der Waals surface area contributed by atoms with Crippen LogP contribution in [0.4, 0.5) is 4.39 Å². The highest BCUT2D eigenvalue weighted by molar-refractivity contribution is 7.99. The van der Waals surface area contributed by atoms with Gasteiger partial charge < -0.3 is 5.32 Å². The number of sulfonamides is 1. The van der Waals surface area contributed by atoms with E-state index < -0.39 is 21.7 Å². The Morgan fingerprint density at radius 1 is 1.30 bits per heavy atom. The third-order valence-corrected chi connectivity index (χ3v) is 6.10. The van der Waals surface area contributed by atoms with E-state index in [1.165, 1.54) is 32.1 Å². The summed E-state index contributed by atoms with van der Waals surface area (Å²) in [5.74, 6) is -0.639. The molecule has 5 nitrogen and oxygen atoms in total. The van der Waals surface area contributed by atoms with Crippen molar-refractivity contribution >= 4 is 27.7 Å². The lowest BCUT2D eigenvalue weighted by atomic mass is 10.0. The second-order valence-electron chi connectivity index (χ2n) is 5.57. The van der Waals surface area contributed by atoms with Crippen LogP contribution in [0.15, 0.2) is 23.1 Å². The van der Waals surface area contributed by atoms with Gasteiger partial charge in [-0.1, -0.05) is 19.3 Å². The number of nitrogens with one attached hydrogen (secondary N) is 1. The average Bonchev–Trinajstić information content (AvgIpc) is 2.51. The zero-order valence-electron chi connectivity index (χ0n) is 12.8. The number of primary sulfonamides is 1. The second kappa shape index (κ2) is 8.12. The molecule has 0 bridgehead atoms. The molecule has 1 aliphatic carbocycles. The van der Waals surface area contributed by atoms with Crippen molar-refractivity contribution in [2.75, 3.05) is 12.3 Å². The molecular formula is C15H21FN2O3S2. The van der Waals surface area contributed by atoms with Crippen LogP contribution in [0, 0.1) is 5.82 Å². The Kier molecular flexibility index (Phi) is 6.43. The molecule has 0 spiro atoms. The van der Waals surface area contributed by atoms with Gasteiger partial charge in [-0.2, -0.15) is 11.8 Å². The molecule has 0 heterocycles. The predicted octanol–water partition coefficient (Wildman–Crippen LogP) is 2.27. The summed E-state index contributed by atoms with van der Waals surface area (Å²) in [6.45, 7) is 0.416. The van der Waals surface area contributed by atoms with Crippen molar-refractivity contribution in [3.63, 3.8) is 0 Å². The first-order valence-electron chi connectivity index (χ1n) is 7.60. The van der Waals surface area contributed by atoms with Gasteiger partial charge in [-0.05, 0) is 31.0 Å². The van der Waals surface area contributed by atoms with Crippen LogP contribution < -0.4 is 10.5 Å². The maximum Gasteiger partial charge on any atom is 0.254 e. The normalized spacial score (nSPS) is 16.3. The van der Waals surface area contributed by atoms with Crippen molar-refractivity contribution in [3.8, 4) is 0 Å². The van der Waals surface area contributed by atoms with Gasteiger partial charge >= 0.3 is 0 Å². The third-order valence-electron chi connectivity index (χ3n) is 3.80. The van der Waals surface area contributed by atoms with Gasteiger partial charge in [0.15, 0.2) is 0 Å². The van der Waals surface area contributed by atoms with E-state index in [4.69, 9.17) is 5.14 Å². The van der Waals surface area contributed by atoms with Crippen molar-refractivity contribution in [2.24, 2.45) is 5.14 Å². The van der Waals surface area contributed by atoms with Crippen LogP contribution in [0.1, 0.15) is 42.5 Å². The maximum absolute atomic E-state index is 13.7. The van der Waals surface area contributed by atoms with Gasteiger partial charge in [0, 0.05) is 17.5 Å². The third kappa shape index (κ3) is 5.47. The van der Waals surface area contributed by atoms with Crippen molar-refractivity contribution < 1.29 is 17.6 Å². The Labute approximate surface area is 140 Å². The summed E-state index contributed by atoms with van der Waals surface area (Å²) in [5.41, 5.74) is -0.306. The Balaban J connectivity index is 1.87.